The Morgan fingerprint density at radius 1 is 1.60 bits per heavy atom. The number of alkyl halides is 1. The van der Waals surface area contributed by atoms with Crippen LogP contribution in [0.25, 0.3) is 0 Å². The highest BCUT2D eigenvalue weighted by Gasteiger charge is 2.20. The first-order valence-electron chi connectivity index (χ1n) is 4.90. The number of rotatable bonds is 1. The molecule has 0 aromatic carbocycles. The van der Waals surface area contributed by atoms with Crippen LogP contribution in [0.1, 0.15) is 20.3 Å². The normalized spacial score (nSPS) is 18.1. The van der Waals surface area contributed by atoms with Crippen molar-refractivity contribution < 1.29 is 9.59 Å². The van der Waals surface area contributed by atoms with Gasteiger partial charge in [-0.15, -0.1) is 11.6 Å². The fourth-order valence-corrected chi connectivity index (χ4v) is 1.42. The molecule has 0 radical (unpaired) electrons. The third-order valence-corrected chi connectivity index (χ3v) is 2.41. The Morgan fingerprint density at radius 3 is 2.80 bits per heavy atom. The molecule has 1 aliphatic rings. The first kappa shape index (κ1) is 12.0. The molecule has 4 nitrogen and oxygen atoms in total. The number of imide groups is 1. The van der Waals surface area contributed by atoms with E-state index in [1.54, 1.807) is 4.90 Å². The van der Waals surface area contributed by atoms with Crippen molar-refractivity contribution in [3.8, 4) is 0 Å². The number of nitrogens with one attached hydrogen (secondary N) is 1. The average molecular weight is 231 g/mol. The van der Waals surface area contributed by atoms with Gasteiger partial charge in [0.1, 0.15) is 5.38 Å². The Labute approximate surface area is 94.3 Å². The molecular formula is C10H15ClN2O2. The smallest absolute Gasteiger partial charge is 0.320 e. The van der Waals surface area contributed by atoms with Crippen LogP contribution in [0.4, 0.5) is 4.79 Å². The molecule has 0 saturated carbocycles. The van der Waals surface area contributed by atoms with Gasteiger partial charge < -0.3 is 4.90 Å². The minimum atomic E-state index is -0.685. The van der Waals surface area contributed by atoms with Gasteiger partial charge in [-0.05, 0) is 20.3 Å². The van der Waals surface area contributed by atoms with Crippen LogP contribution in [0.5, 0.6) is 0 Å². The Hall–Kier alpha value is -1.03. The molecule has 0 bridgehead atoms. The third-order valence-electron chi connectivity index (χ3n) is 2.21. The molecule has 5 heteroatoms. The molecule has 1 rings (SSSR count). The maximum Gasteiger partial charge on any atom is 0.324 e. The molecule has 0 fully saturated rings. The molecule has 1 N–H and O–H groups in total. The fraction of sp³-hybridized carbons (Fsp3) is 0.600. The predicted octanol–water partition coefficient (Wildman–Crippen LogP) is 1.50. The van der Waals surface area contributed by atoms with Crippen LogP contribution in [-0.2, 0) is 4.79 Å². The Balaban J connectivity index is 2.48. The average Bonchev–Trinajstić information content (AvgIpc) is 2.17. The highest BCUT2D eigenvalue weighted by Crippen LogP contribution is 2.08. The van der Waals surface area contributed by atoms with Crippen molar-refractivity contribution in [2.45, 2.75) is 25.6 Å². The van der Waals surface area contributed by atoms with E-state index in [0.29, 0.717) is 13.1 Å². The summed E-state index contributed by atoms with van der Waals surface area (Å²) in [5.74, 6) is -0.450. The van der Waals surface area contributed by atoms with Crippen LogP contribution in [0.3, 0.4) is 0 Å². The van der Waals surface area contributed by atoms with Crippen molar-refractivity contribution in [3.05, 3.63) is 11.6 Å². The lowest BCUT2D eigenvalue weighted by Gasteiger charge is -2.26. The summed E-state index contributed by atoms with van der Waals surface area (Å²) in [4.78, 5) is 24.3. The van der Waals surface area contributed by atoms with E-state index in [1.165, 1.54) is 6.92 Å². The summed E-state index contributed by atoms with van der Waals surface area (Å²) in [6.07, 6.45) is 2.93. The number of halogens is 1. The van der Waals surface area contributed by atoms with Crippen molar-refractivity contribution in [1.82, 2.24) is 10.2 Å². The zero-order chi connectivity index (χ0) is 11.4. The molecule has 0 aromatic heterocycles. The van der Waals surface area contributed by atoms with Gasteiger partial charge in [0.15, 0.2) is 0 Å². The molecule has 15 heavy (non-hydrogen) atoms. The molecular weight excluding hydrogens is 216 g/mol. The maximum absolute atomic E-state index is 11.6. The van der Waals surface area contributed by atoms with E-state index in [-0.39, 0.29) is 6.03 Å². The van der Waals surface area contributed by atoms with Crippen LogP contribution in [0.15, 0.2) is 11.6 Å². The highest BCUT2D eigenvalue weighted by atomic mass is 35.5. The zero-order valence-electron chi connectivity index (χ0n) is 8.92. The molecule has 1 atom stereocenters. The first-order chi connectivity index (χ1) is 7.00. The second-order valence-corrected chi connectivity index (χ2v) is 4.33. The van der Waals surface area contributed by atoms with Crippen LogP contribution in [0.2, 0.25) is 0 Å². The van der Waals surface area contributed by atoms with Gasteiger partial charge in [-0.1, -0.05) is 11.6 Å². The number of urea groups is 1. The molecule has 0 aliphatic carbocycles. The lowest BCUT2D eigenvalue weighted by atomic mass is 10.1. The molecule has 3 amide bonds. The predicted molar refractivity (Wildman–Crippen MR) is 58.8 cm³/mol. The SMILES string of the molecule is CC1=CCCN(C(=O)NC(=O)C(C)Cl)C1. The van der Waals surface area contributed by atoms with Crippen LogP contribution in [0, 0.1) is 0 Å². The molecule has 1 heterocycles. The molecule has 84 valence electrons. The maximum atomic E-state index is 11.6. The molecule has 1 unspecified atom stereocenters. The van der Waals surface area contributed by atoms with E-state index >= 15 is 0 Å². The fourth-order valence-electron chi connectivity index (χ4n) is 1.37. The lowest BCUT2D eigenvalue weighted by molar-refractivity contribution is -0.119. The van der Waals surface area contributed by atoms with E-state index < -0.39 is 11.3 Å². The van der Waals surface area contributed by atoms with E-state index in [9.17, 15) is 9.59 Å². The summed E-state index contributed by atoms with van der Waals surface area (Å²) in [7, 11) is 0. The summed E-state index contributed by atoms with van der Waals surface area (Å²) >= 11 is 5.55. The van der Waals surface area contributed by atoms with E-state index in [0.717, 1.165) is 12.0 Å². The quantitative estimate of drug-likeness (QED) is 0.548. The first-order valence-corrected chi connectivity index (χ1v) is 5.34. The van der Waals surface area contributed by atoms with E-state index in [2.05, 4.69) is 11.4 Å². The van der Waals surface area contributed by atoms with Crippen molar-refractivity contribution in [2.24, 2.45) is 0 Å². The molecule has 0 saturated heterocycles. The zero-order valence-corrected chi connectivity index (χ0v) is 9.67. The van der Waals surface area contributed by atoms with Crippen LogP contribution in [-0.4, -0.2) is 35.3 Å². The minimum Gasteiger partial charge on any atom is -0.320 e. The molecule has 1 aliphatic heterocycles. The third kappa shape index (κ3) is 3.55. The topological polar surface area (TPSA) is 49.4 Å². The number of nitrogens with zero attached hydrogens (tertiary/aromatic N) is 1. The summed E-state index contributed by atoms with van der Waals surface area (Å²) in [5.41, 5.74) is 1.14. The number of carbonyl (C=O) groups excluding carboxylic acids is 2. The largest absolute Gasteiger partial charge is 0.324 e. The standard InChI is InChI=1S/C10H15ClN2O2/c1-7-4-3-5-13(6-7)10(15)12-9(14)8(2)11/h4,8H,3,5-6H2,1-2H3,(H,12,14,15). The number of carbonyl (C=O) groups is 2. The van der Waals surface area contributed by atoms with Gasteiger partial charge in [-0.25, -0.2) is 4.79 Å². The van der Waals surface area contributed by atoms with Crippen molar-refractivity contribution in [1.29, 1.82) is 0 Å². The van der Waals surface area contributed by atoms with Crippen LogP contribution < -0.4 is 5.32 Å². The molecule has 0 spiro atoms. The van der Waals surface area contributed by atoms with Gasteiger partial charge in [-0.3, -0.25) is 10.1 Å². The summed E-state index contributed by atoms with van der Waals surface area (Å²) in [6.45, 7) is 4.72. The van der Waals surface area contributed by atoms with Crippen molar-refractivity contribution in [2.75, 3.05) is 13.1 Å². The monoisotopic (exact) mass is 230 g/mol. The van der Waals surface area contributed by atoms with E-state index in [1.807, 2.05) is 6.92 Å². The summed E-state index contributed by atoms with van der Waals surface area (Å²) < 4.78 is 0. The number of amides is 3. The van der Waals surface area contributed by atoms with E-state index in [4.69, 9.17) is 11.6 Å². The van der Waals surface area contributed by atoms with Crippen molar-refractivity contribution in [3.63, 3.8) is 0 Å². The van der Waals surface area contributed by atoms with Crippen molar-refractivity contribution >= 4 is 23.5 Å². The highest BCUT2D eigenvalue weighted by molar-refractivity contribution is 6.31. The minimum absolute atomic E-state index is 0.361. The number of hydrogen-bond donors (Lipinski definition) is 1. The van der Waals surface area contributed by atoms with Gasteiger partial charge in [0.05, 0.1) is 0 Å². The van der Waals surface area contributed by atoms with Gasteiger partial charge in [0.2, 0.25) is 5.91 Å². The Bertz CT molecular complexity index is 300. The van der Waals surface area contributed by atoms with Gasteiger partial charge in [-0.2, -0.15) is 0 Å². The van der Waals surface area contributed by atoms with Gasteiger partial charge in [0, 0.05) is 13.1 Å². The summed E-state index contributed by atoms with van der Waals surface area (Å²) in [5, 5.41) is 1.57. The Kier molecular flexibility index (Phi) is 4.15. The van der Waals surface area contributed by atoms with Gasteiger partial charge in [0.25, 0.3) is 0 Å². The molecule has 0 aromatic rings. The summed E-state index contributed by atoms with van der Waals surface area (Å²) in [6, 6.07) is -0.361. The lowest BCUT2D eigenvalue weighted by Crippen LogP contribution is -2.46. The van der Waals surface area contributed by atoms with Crippen LogP contribution >= 0.6 is 11.6 Å². The number of hydrogen-bond acceptors (Lipinski definition) is 2. The Morgan fingerprint density at radius 2 is 2.27 bits per heavy atom. The van der Waals surface area contributed by atoms with Gasteiger partial charge >= 0.3 is 6.03 Å². The second-order valence-electron chi connectivity index (χ2n) is 3.67. The second kappa shape index (κ2) is 5.16.